The molecule has 0 saturated carbocycles. The summed E-state index contributed by atoms with van der Waals surface area (Å²) in [5.41, 5.74) is 0.963. The second kappa shape index (κ2) is 5.54. The third-order valence-electron chi connectivity index (χ3n) is 2.02. The monoisotopic (exact) mass is 379 g/mol. The molecule has 0 amide bonds. The Morgan fingerprint density at radius 1 is 1.25 bits per heavy atom. The van der Waals surface area contributed by atoms with E-state index < -0.39 is 0 Å². The van der Waals surface area contributed by atoms with Gasteiger partial charge in [0.25, 0.3) is 0 Å². The first-order chi connectivity index (χ1) is 7.66. The Kier molecular flexibility index (Phi) is 4.30. The molecular weight excluding hydrogens is 373 g/mol. The van der Waals surface area contributed by atoms with Gasteiger partial charge in [0, 0.05) is 15.9 Å². The number of hydrogen-bond donors (Lipinski definition) is 1. The highest BCUT2D eigenvalue weighted by Gasteiger charge is 2.04. The smallest absolute Gasteiger partial charge is 0.0843 e. The first-order valence-corrected chi connectivity index (χ1v) is 7.37. The van der Waals surface area contributed by atoms with Crippen LogP contribution in [-0.4, -0.2) is 0 Å². The van der Waals surface area contributed by atoms with E-state index in [1.54, 1.807) is 11.3 Å². The minimum atomic E-state index is 0.747. The third-order valence-corrected chi connectivity index (χ3v) is 5.61. The Labute approximate surface area is 120 Å². The van der Waals surface area contributed by atoms with Crippen molar-refractivity contribution in [3.63, 3.8) is 0 Å². The van der Waals surface area contributed by atoms with Crippen molar-refractivity contribution in [1.29, 1.82) is 0 Å². The maximum atomic E-state index is 6.05. The lowest BCUT2D eigenvalue weighted by molar-refractivity contribution is 1.19. The van der Waals surface area contributed by atoms with Crippen molar-refractivity contribution in [2.75, 3.05) is 5.32 Å². The van der Waals surface area contributed by atoms with Gasteiger partial charge in [0.2, 0.25) is 0 Å². The van der Waals surface area contributed by atoms with E-state index in [1.165, 1.54) is 4.88 Å². The van der Waals surface area contributed by atoms with Crippen LogP contribution in [0.15, 0.2) is 38.6 Å². The fourth-order valence-corrected chi connectivity index (χ4v) is 3.58. The molecule has 0 aliphatic carbocycles. The third kappa shape index (κ3) is 3.00. The first-order valence-electron chi connectivity index (χ1n) is 4.59. The average molecular weight is 382 g/mol. The number of anilines is 1. The number of halogens is 3. The maximum absolute atomic E-state index is 6.05. The lowest BCUT2D eigenvalue weighted by Crippen LogP contribution is -1.97. The number of thiophene rings is 1. The molecule has 1 nitrogen and oxygen atoms in total. The van der Waals surface area contributed by atoms with E-state index >= 15 is 0 Å². The van der Waals surface area contributed by atoms with E-state index in [1.807, 2.05) is 24.3 Å². The van der Waals surface area contributed by atoms with Crippen LogP contribution in [0.2, 0.25) is 5.02 Å². The molecule has 0 aliphatic rings. The molecule has 0 spiro atoms. The molecule has 1 N–H and O–H groups in total. The van der Waals surface area contributed by atoms with Gasteiger partial charge >= 0.3 is 0 Å². The summed E-state index contributed by atoms with van der Waals surface area (Å²) in [5, 5.41) is 4.05. The van der Waals surface area contributed by atoms with Crippen LogP contribution >= 0.6 is 54.8 Å². The zero-order valence-corrected chi connectivity index (χ0v) is 12.9. The summed E-state index contributed by atoms with van der Waals surface area (Å²) in [7, 11) is 0. The Bertz CT molecular complexity index is 479. The summed E-state index contributed by atoms with van der Waals surface area (Å²) in [5.74, 6) is 0. The van der Waals surface area contributed by atoms with Gasteiger partial charge in [-0.3, -0.25) is 0 Å². The molecule has 2 aromatic rings. The number of benzene rings is 1. The minimum Gasteiger partial charge on any atom is -0.379 e. The van der Waals surface area contributed by atoms with Gasteiger partial charge in [-0.05, 0) is 50.1 Å². The summed E-state index contributed by atoms with van der Waals surface area (Å²) in [6.07, 6.45) is 0. The van der Waals surface area contributed by atoms with Crippen LogP contribution in [0.3, 0.4) is 0 Å². The molecule has 84 valence electrons. The molecule has 0 unspecified atom stereocenters. The van der Waals surface area contributed by atoms with Crippen molar-refractivity contribution in [2.24, 2.45) is 0 Å². The second-order valence-electron chi connectivity index (χ2n) is 3.17. The Hall–Kier alpha value is -0.0300. The summed E-state index contributed by atoms with van der Waals surface area (Å²) in [6, 6.07) is 9.84. The fraction of sp³-hybridized carbons (Fsp3) is 0.0909. The molecule has 0 radical (unpaired) electrons. The molecule has 0 fully saturated rings. The van der Waals surface area contributed by atoms with Crippen molar-refractivity contribution in [3.8, 4) is 0 Å². The van der Waals surface area contributed by atoms with Crippen molar-refractivity contribution >= 4 is 60.5 Å². The van der Waals surface area contributed by atoms with E-state index in [0.717, 1.165) is 25.5 Å². The fourth-order valence-electron chi connectivity index (χ4n) is 1.27. The number of para-hydroxylation sites is 1. The van der Waals surface area contributed by atoms with Gasteiger partial charge in [0.05, 0.1) is 14.5 Å². The SMILES string of the molecule is Clc1ccccc1NCc1cc(Br)c(Br)s1. The number of rotatable bonds is 3. The predicted molar refractivity (Wildman–Crippen MR) is 78.5 cm³/mol. The molecule has 0 aliphatic heterocycles. The number of hydrogen-bond acceptors (Lipinski definition) is 2. The Morgan fingerprint density at radius 2 is 2.00 bits per heavy atom. The molecule has 1 heterocycles. The lowest BCUT2D eigenvalue weighted by atomic mass is 10.3. The number of nitrogens with one attached hydrogen (secondary N) is 1. The van der Waals surface area contributed by atoms with Crippen LogP contribution in [0.4, 0.5) is 5.69 Å². The minimum absolute atomic E-state index is 0.747. The Morgan fingerprint density at radius 3 is 2.62 bits per heavy atom. The molecule has 0 atom stereocenters. The molecule has 2 rings (SSSR count). The van der Waals surface area contributed by atoms with E-state index in [0.29, 0.717) is 0 Å². The van der Waals surface area contributed by atoms with Gasteiger partial charge in [0.1, 0.15) is 0 Å². The van der Waals surface area contributed by atoms with Gasteiger partial charge in [-0.25, -0.2) is 0 Å². The zero-order chi connectivity index (χ0) is 11.5. The molecular formula is C11H8Br2ClNS. The summed E-state index contributed by atoms with van der Waals surface area (Å²) < 4.78 is 2.21. The van der Waals surface area contributed by atoms with E-state index in [9.17, 15) is 0 Å². The van der Waals surface area contributed by atoms with Crippen LogP contribution in [0.1, 0.15) is 4.88 Å². The second-order valence-corrected chi connectivity index (χ2v) is 6.88. The molecule has 0 bridgehead atoms. The normalized spacial score (nSPS) is 10.4. The largest absolute Gasteiger partial charge is 0.379 e. The lowest BCUT2D eigenvalue weighted by Gasteiger charge is -2.06. The molecule has 16 heavy (non-hydrogen) atoms. The predicted octanol–water partition coefficient (Wildman–Crippen LogP) is 5.54. The van der Waals surface area contributed by atoms with Crippen LogP contribution in [-0.2, 0) is 6.54 Å². The summed E-state index contributed by atoms with van der Waals surface area (Å²) >= 11 is 14.7. The highest BCUT2D eigenvalue weighted by Crippen LogP contribution is 2.33. The zero-order valence-electron chi connectivity index (χ0n) is 8.14. The van der Waals surface area contributed by atoms with Crippen molar-refractivity contribution in [1.82, 2.24) is 0 Å². The van der Waals surface area contributed by atoms with Crippen LogP contribution in [0.25, 0.3) is 0 Å². The van der Waals surface area contributed by atoms with Gasteiger partial charge in [-0.1, -0.05) is 23.7 Å². The first kappa shape index (κ1) is 12.4. The summed E-state index contributed by atoms with van der Waals surface area (Å²) in [4.78, 5) is 1.25. The van der Waals surface area contributed by atoms with Gasteiger partial charge in [0.15, 0.2) is 0 Å². The molecule has 1 aromatic heterocycles. The van der Waals surface area contributed by atoms with E-state index in [2.05, 4.69) is 43.2 Å². The topological polar surface area (TPSA) is 12.0 Å². The van der Waals surface area contributed by atoms with Crippen molar-refractivity contribution in [2.45, 2.75) is 6.54 Å². The van der Waals surface area contributed by atoms with Crippen LogP contribution in [0.5, 0.6) is 0 Å². The van der Waals surface area contributed by atoms with Crippen molar-refractivity contribution < 1.29 is 0 Å². The average Bonchev–Trinajstić information content (AvgIpc) is 2.57. The van der Waals surface area contributed by atoms with E-state index in [4.69, 9.17) is 11.6 Å². The Balaban J connectivity index is 2.05. The highest BCUT2D eigenvalue weighted by atomic mass is 79.9. The quantitative estimate of drug-likeness (QED) is 0.736. The van der Waals surface area contributed by atoms with Crippen LogP contribution in [0, 0.1) is 0 Å². The molecule has 5 heteroatoms. The van der Waals surface area contributed by atoms with Crippen molar-refractivity contribution in [3.05, 3.63) is 48.5 Å². The molecule has 0 saturated heterocycles. The standard InChI is InChI=1S/C11H8Br2ClNS/c12-8-5-7(16-11(8)13)6-15-10-4-2-1-3-9(10)14/h1-5,15H,6H2. The highest BCUT2D eigenvalue weighted by molar-refractivity contribution is 9.13. The molecule has 1 aromatic carbocycles. The summed E-state index contributed by atoms with van der Waals surface area (Å²) in [6.45, 7) is 0.776. The van der Waals surface area contributed by atoms with Crippen LogP contribution < -0.4 is 5.32 Å². The van der Waals surface area contributed by atoms with Gasteiger partial charge < -0.3 is 5.32 Å². The van der Waals surface area contributed by atoms with E-state index in [-0.39, 0.29) is 0 Å². The maximum Gasteiger partial charge on any atom is 0.0843 e. The van der Waals surface area contributed by atoms with Gasteiger partial charge in [-0.2, -0.15) is 0 Å². The van der Waals surface area contributed by atoms with Gasteiger partial charge in [-0.15, -0.1) is 11.3 Å².